The molecule has 2 nitrogen and oxygen atoms in total. The van der Waals surface area contributed by atoms with Gasteiger partial charge in [-0.25, -0.2) is 0 Å². The zero-order valence-electron chi connectivity index (χ0n) is 11.4. The number of hydrogen-bond donors (Lipinski definition) is 0. The van der Waals surface area contributed by atoms with Crippen molar-refractivity contribution in [1.29, 1.82) is 0 Å². The molecule has 1 unspecified atom stereocenters. The van der Waals surface area contributed by atoms with Gasteiger partial charge in [0.15, 0.2) is 5.90 Å². The Labute approximate surface area is 111 Å². The molecule has 1 heterocycles. The van der Waals surface area contributed by atoms with Gasteiger partial charge >= 0.3 is 0 Å². The van der Waals surface area contributed by atoms with Gasteiger partial charge in [0.2, 0.25) is 0 Å². The van der Waals surface area contributed by atoms with E-state index in [9.17, 15) is 0 Å². The number of aliphatic imine (C=N–C) groups is 1. The lowest BCUT2D eigenvalue weighted by Crippen LogP contribution is -2.21. The first-order valence-electron chi connectivity index (χ1n) is 7.14. The molecule has 0 amide bonds. The largest absolute Gasteiger partial charge is 0.477 e. The third-order valence-electron chi connectivity index (χ3n) is 3.01. The van der Waals surface area contributed by atoms with Gasteiger partial charge in [0, 0.05) is 18.7 Å². The van der Waals surface area contributed by atoms with Crippen LogP contribution >= 0.6 is 11.8 Å². The van der Waals surface area contributed by atoms with Crippen LogP contribution in [0.25, 0.3) is 0 Å². The first-order chi connectivity index (χ1) is 8.36. The van der Waals surface area contributed by atoms with Crippen LogP contribution in [-0.4, -0.2) is 30.1 Å². The highest BCUT2D eigenvalue weighted by Gasteiger charge is 2.13. The van der Waals surface area contributed by atoms with E-state index in [2.05, 4.69) is 18.8 Å². The van der Waals surface area contributed by atoms with Crippen LogP contribution in [0.3, 0.4) is 0 Å². The lowest BCUT2D eigenvalue weighted by molar-refractivity contribution is 0.192. The summed E-state index contributed by atoms with van der Waals surface area (Å²) >= 11 is 1.97. The molecule has 0 aromatic heterocycles. The van der Waals surface area contributed by atoms with Gasteiger partial charge in [-0.2, -0.15) is 11.8 Å². The lowest BCUT2D eigenvalue weighted by atomic mass is 10.1. The molecule has 3 heteroatoms. The Balaban J connectivity index is 2.39. The minimum atomic E-state index is 0.378. The van der Waals surface area contributed by atoms with Crippen LogP contribution in [0.4, 0.5) is 0 Å². The number of ether oxygens (including phenoxy) is 1. The Morgan fingerprint density at radius 2 is 2.06 bits per heavy atom. The maximum absolute atomic E-state index is 6.10. The molecule has 0 aromatic rings. The summed E-state index contributed by atoms with van der Waals surface area (Å²) in [7, 11) is 0. The second-order valence-corrected chi connectivity index (χ2v) is 5.95. The molecular weight excluding hydrogens is 230 g/mol. The molecule has 0 saturated carbocycles. The van der Waals surface area contributed by atoms with E-state index in [0.29, 0.717) is 6.10 Å². The first-order valence-corrected chi connectivity index (χ1v) is 8.30. The summed E-state index contributed by atoms with van der Waals surface area (Å²) in [6.45, 7) is 5.41. The summed E-state index contributed by atoms with van der Waals surface area (Å²) in [6, 6.07) is 0. The lowest BCUT2D eigenvalue weighted by Gasteiger charge is -2.20. The average Bonchev–Trinajstić information content (AvgIpc) is 2.29. The number of thioether (sulfide) groups is 1. The molecule has 1 aliphatic rings. The summed E-state index contributed by atoms with van der Waals surface area (Å²) in [5.41, 5.74) is 0. The first kappa shape index (κ1) is 14.9. The van der Waals surface area contributed by atoms with Gasteiger partial charge in [0.1, 0.15) is 6.10 Å². The van der Waals surface area contributed by atoms with Gasteiger partial charge < -0.3 is 4.74 Å². The topological polar surface area (TPSA) is 21.6 Å². The fraction of sp³-hybridized carbons (Fsp3) is 0.929. The van der Waals surface area contributed by atoms with Crippen molar-refractivity contribution in [1.82, 2.24) is 0 Å². The van der Waals surface area contributed by atoms with Crippen molar-refractivity contribution < 1.29 is 4.74 Å². The van der Waals surface area contributed by atoms with Gasteiger partial charge in [0.05, 0.1) is 0 Å². The van der Waals surface area contributed by atoms with Gasteiger partial charge in [0.25, 0.3) is 0 Å². The van der Waals surface area contributed by atoms with E-state index in [1.54, 1.807) is 0 Å². The van der Waals surface area contributed by atoms with E-state index in [1.165, 1.54) is 37.9 Å². The quantitative estimate of drug-likeness (QED) is 0.708. The normalized spacial score (nSPS) is 19.1. The fourth-order valence-corrected chi connectivity index (χ4v) is 2.79. The minimum Gasteiger partial charge on any atom is -0.477 e. The van der Waals surface area contributed by atoms with Crippen molar-refractivity contribution in [3.63, 3.8) is 0 Å². The molecular formula is C14H27NOS. The van der Waals surface area contributed by atoms with Gasteiger partial charge in [-0.1, -0.05) is 33.1 Å². The molecule has 0 aliphatic carbocycles. The van der Waals surface area contributed by atoms with Crippen molar-refractivity contribution in [2.24, 2.45) is 4.99 Å². The zero-order valence-corrected chi connectivity index (χ0v) is 12.2. The Kier molecular flexibility index (Phi) is 8.59. The molecule has 1 rings (SSSR count). The predicted octanol–water partition coefficient (Wildman–Crippen LogP) is 4.29. The molecule has 0 N–H and O–H groups in total. The van der Waals surface area contributed by atoms with Crippen LogP contribution in [0.15, 0.2) is 4.99 Å². The van der Waals surface area contributed by atoms with Crippen LogP contribution in [0.1, 0.15) is 58.8 Å². The van der Waals surface area contributed by atoms with Crippen molar-refractivity contribution >= 4 is 17.7 Å². The van der Waals surface area contributed by atoms with Crippen molar-refractivity contribution in [3.05, 3.63) is 0 Å². The van der Waals surface area contributed by atoms with Crippen molar-refractivity contribution in [2.75, 3.05) is 18.1 Å². The summed E-state index contributed by atoms with van der Waals surface area (Å²) in [6.07, 6.45) is 8.94. The standard InChI is InChI=1S/C14H27NOS/c1-3-9-13(12-17-4-2)16-14-10-7-5-6-8-11-15-14/h13H,3-12H2,1-2H3. The zero-order chi connectivity index (χ0) is 12.3. The second kappa shape index (κ2) is 9.81. The highest BCUT2D eigenvalue weighted by molar-refractivity contribution is 7.99. The van der Waals surface area contributed by atoms with E-state index in [4.69, 9.17) is 4.74 Å². The Hall–Kier alpha value is -0.180. The number of rotatable bonds is 6. The van der Waals surface area contributed by atoms with Crippen LogP contribution < -0.4 is 0 Å². The van der Waals surface area contributed by atoms with Gasteiger partial charge in [-0.15, -0.1) is 0 Å². The fourth-order valence-electron chi connectivity index (χ4n) is 2.06. The molecule has 0 bridgehead atoms. The van der Waals surface area contributed by atoms with Crippen LogP contribution in [0, 0.1) is 0 Å². The average molecular weight is 257 g/mol. The van der Waals surface area contributed by atoms with E-state index in [-0.39, 0.29) is 0 Å². The molecule has 1 aliphatic heterocycles. The van der Waals surface area contributed by atoms with Gasteiger partial charge in [-0.05, 0) is 25.0 Å². The van der Waals surface area contributed by atoms with Crippen LogP contribution in [0.5, 0.6) is 0 Å². The van der Waals surface area contributed by atoms with Crippen molar-refractivity contribution in [3.8, 4) is 0 Å². The highest BCUT2D eigenvalue weighted by atomic mass is 32.2. The Bertz CT molecular complexity index is 218. The van der Waals surface area contributed by atoms with E-state index in [1.807, 2.05) is 11.8 Å². The summed E-state index contributed by atoms with van der Waals surface area (Å²) < 4.78 is 6.10. The summed E-state index contributed by atoms with van der Waals surface area (Å²) in [5, 5.41) is 0. The van der Waals surface area contributed by atoms with E-state index < -0.39 is 0 Å². The third kappa shape index (κ3) is 6.97. The Morgan fingerprint density at radius 1 is 1.24 bits per heavy atom. The summed E-state index contributed by atoms with van der Waals surface area (Å²) in [4.78, 5) is 4.60. The smallest absolute Gasteiger partial charge is 0.183 e. The molecule has 0 saturated heterocycles. The SMILES string of the molecule is CCCC(CSCC)OC1=NCCCCCC1. The molecule has 1 atom stereocenters. The Morgan fingerprint density at radius 3 is 2.82 bits per heavy atom. The maximum atomic E-state index is 6.10. The molecule has 100 valence electrons. The molecule has 0 spiro atoms. The monoisotopic (exact) mass is 257 g/mol. The molecule has 0 radical (unpaired) electrons. The maximum Gasteiger partial charge on any atom is 0.183 e. The minimum absolute atomic E-state index is 0.378. The van der Waals surface area contributed by atoms with Gasteiger partial charge in [-0.3, -0.25) is 4.99 Å². The highest BCUT2D eigenvalue weighted by Crippen LogP contribution is 2.15. The summed E-state index contributed by atoms with van der Waals surface area (Å²) in [5.74, 6) is 3.32. The van der Waals surface area contributed by atoms with E-state index in [0.717, 1.165) is 31.0 Å². The number of hydrogen-bond acceptors (Lipinski definition) is 3. The third-order valence-corrected chi connectivity index (χ3v) is 4.02. The number of nitrogens with zero attached hydrogens (tertiary/aromatic N) is 1. The van der Waals surface area contributed by atoms with Crippen molar-refractivity contribution in [2.45, 2.75) is 64.9 Å². The van der Waals surface area contributed by atoms with Crippen LogP contribution in [-0.2, 0) is 4.74 Å². The molecule has 0 aromatic carbocycles. The van der Waals surface area contributed by atoms with E-state index >= 15 is 0 Å². The van der Waals surface area contributed by atoms with Crippen LogP contribution in [0.2, 0.25) is 0 Å². The predicted molar refractivity (Wildman–Crippen MR) is 78.2 cm³/mol. The molecule has 17 heavy (non-hydrogen) atoms. The molecule has 0 fully saturated rings. The second-order valence-electron chi connectivity index (χ2n) is 4.63.